The van der Waals surface area contributed by atoms with Crippen LogP contribution < -0.4 is 10.6 Å². The van der Waals surface area contributed by atoms with Gasteiger partial charge in [-0.25, -0.2) is 0 Å². The van der Waals surface area contributed by atoms with E-state index < -0.39 is 0 Å². The fraction of sp³-hybridized carbons (Fsp3) is 0.917. The van der Waals surface area contributed by atoms with E-state index in [1.165, 1.54) is 0 Å². The summed E-state index contributed by atoms with van der Waals surface area (Å²) in [6.45, 7) is 24.5. The average Bonchev–Trinajstić information content (AvgIpc) is 2.43. The lowest BCUT2D eigenvalue weighted by atomic mass is 9.82. The molecule has 0 rings (SSSR count). The molecule has 166 valence electrons. The minimum Gasteiger partial charge on any atom is -0.303 e. The van der Waals surface area contributed by atoms with Gasteiger partial charge in [0.2, 0.25) is 0 Å². The predicted molar refractivity (Wildman–Crippen MR) is 121 cm³/mol. The number of hydrogen-bond donors (Lipinski definition) is 2. The molecule has 2 N–H and O–H groups in total. The molecule has 0 amide bonds. The van der Waals surface area contributed by atoms with E-state index in [9.17, 15) is 9.59 Å². The van der Waals surface area contributed by atoms with Gasteiger partial charge in [-0.3, -0.25) is 9.59 Å². The Labute approximate surface area is 175 Å². The number of carbonyl (C=O) groups excluding carboxylic acids is 2. The van der Waals surface area contributed by atoms with Crippen molar-refractivity contribution in [3.8, 4) is 0 Å². The van der Waals surface area contributed by atoms with E-state index in [0.29, 0.717) is 0 Å². The van der Waals surface area contributed by atoms with E-state index in [4.69, 9.17) is 0 Å². The maximum Gasteiger partial charge on any atom is 0.155 e. The summed E-state index contributed by atoms with van der Waals surface area (Å²) in [6, 6.07) is -0.292. The van der Waals surface area contributed by atoms with Crippen LogP contribution in [0.15, 0.2) is 0 Å². The van der Waals surface area contributed by atoms with Crippen molar-refractivity contribution in [1.82, 2.24) is 10.6 Å². The van der Waals surface area contributed by atoms with Crippen molar-refractivity contribution in [2.24, 2.45) is 10.8 Å². The Morgan fingerprint density at radius 3 is 1.00 bits per heavy atom. The maximum absolute atomic E-state index is 12.9. The molecule has 2 atom stereocenters. The van der Waals surface area contributed by atoms with E-state index in [-0.39, 0.29) is 45.6 Å². The molecule has 0 bridgehead atoms. The van der Waals surface area contributed by atoms with Gasteiger partial charge >= 0.3 is 0 Å². The molecule has 0 saturated carbocycles. The van der Waals surface area contributed by atoms with Gasteiger partial charge in [-0.05, 0) is 54.4 Å². The lowest BCUT2D eigenvalue weighted by Gasteiger charge is -2.33. The fourth-order valence-corrected chi connectivity index (χ4v) is 3.33. The van der Waals surface area contributed by atoms with Crippen molar-refractivity contribution in [2.45, 2.75) is 132 Å². The second-order valence-electron chi connectivity index (χ2n) is 12.4. The average molecular weight is 397 g/mol. The van der Waals surface area contributed by atoms with Crippen molar-refractivity contribution in [3.63, 3.8) is 0 Å². The van der Waals surface area contributed by atoms with Crippen molar-refractivity contribution in [3.05, 3.63) is 0 Å². The van der Waals surface area contributed by atoms with Crippen molar-refractivity contribution < 1.29 is 9.59 Å². The largest absolute Gasteiger partial charge is 0.303 e. The van der Waals surface area contributed by atoms with Crippen LogP contribution in [0, 0.1) is 10.8 Å². The lowest BCUT2D eigenvalue weighted by molar-refractivity contribution is -0.130. The van der Waals surface area contributed by atoms with E-state index in [0.717, 1.165) is 25.7 Å². The van der Waals surface area contributed by atoms with E-state index in [1.807, 2.05) is 41.5 Å². The van der Waals surface area contributed by atoms with Gasteiger partial charge in [-0.2, -0.15) is 0 Å². The maximum atomic E-state index is 12.9. The van der Waals surface area contributed by atoms with Crippen LogP contribution in [0.25, 0.3) is 0 Å². The fourth-order valence-electron chi connectivity index (χ4n) is 3.33. The highest BCUT2D eigenvalue weighted by atomic mass is 16.1. The van der Waals surface area contributed by atoms with Gasteiger partial charge in [0.05, 0.1) is 12.1 Å². The second kappa shape index (κ2) is 9.84. The van der Waals surface area contributed by atoms with Gasteiger partial charge in [-0.1, -0.05) is 54.4 Å². The summed E-state index contributed by atoms with van der Waals surface area (Å²) in [7, 11) is 0. The number of nitrogens with one attached hydrogen (secondary N) is 2. The summed E-state index contributed by atoms with van der Waals surface area (Å²) in [5.74, 6) is 0.523. The van der Waals surface area contributed by atoms with Crippen LogP contribution >= 0.6 is 0 Å². The van der Waals surface area contributed by atoms with Gasteiger partial charge in [0.1, 0.15) is 0 Å². The zero-order valence-electron chi connectivity index (χ0n) is 20.8. The van der Waals surface area contributed by atoms with E-state index in [2.05, 4.69) is 52.2 Å². The molecule has 0 aromatic heterocycles. The van der Waals surface area contributed by atoms with Crippen molar-refractivity contribution in [2.75, 3.05) is 0 Å². The third-order valence-corrected chi connectivity index (χ3v) is 4.56. The topological polar surface area (TPSA) is 58.2 Å². The molecule has 0 fully saturated rings. The highest BCUT2D eigenvalue weighted by Crippen LogP contribution is 2.24. The van der Waals surface area contributed by atoms with Crippen molar-refractivity contribution >= 4 is 11.6 Å². The highest BCUT2D eigenvalue weighted by Gasteiger charge is 2.33. The first-order chi connectivity index (χ1) is 12.2. The quantitative estimate of drug-likeness (QED) is 0.520. The summed E-state index contributed by atoms with van der Waals surface area (Å²) in [6.07, 6.45) is 3.46. The van der Waals surface area contributed by atoms with Gasteiger partial charge in [0.25, 0.3) is 0 Å². The summed E-state index contributed by atoms with van der Waals surface area (Å²) in [5.41, 5.74) is -0.933. The minimum atomic E-state index is -0.360. The Balaban J connectivity index is 5.00. The van der Waals surface area contributed by atoms with Crippen LogP contribution in [-0.2, 0) is 9.59 Å². The molecule has 0 aliphatic heterocycles. The summed E-state index contributed by atoms with van der Waals surface area (Å²) in [4.78, 5) is 25.7. The van der Waals surface area contributed by atoms with E-state index >= 15 is 0 Å². The molecule has 4 nitrogen and oxygen atoms in total. The van der Waals surface area contributed by atoms with Crippen LogP contribution in [0.1, 0.15) is 109 Å². The number of rotatable bonds is 9. The molecule has 0 saturated heterocycles. The van der Waals surface area contributed by atoms with Crippen LogP contribution in [0.3, 0.4) is 0 Å². The van der Waals surface area contributed by atoms with Gasteiger partial charge in [0, 0.05) is 21.9 Å². The van der Waals surface area contributed by atoms with Crippen LogP contribution in [-0.4, -0.2) is 34.7 Å². The Morgan fingerprint density at radius 2 is 0.821 bits per heavy atom. The number of Topliss-reactive ketones (excluding diaryl/α,β-unsaturated/α-hetero) is 2. The summed E-state index contributed by atoms with van der Waals surface area (Å²) >= 11 is 0. The molecule has 0 radical (unpaired) electrons. The molecule has 0 aromatic carbocycles. The summed E-state index contributed by atoms with van der Waals surface area (Å²) < 4.78 is 0. The Hall–Kier alpha value is -0.740. The monoisotopic (exact) mass is 396 g/mol. The highest BCUT2D eigenvalue weighted by molar-refractivity contribution is 5.89. The SMILES string of the molecule is CC(C)(C)NC(CCCCC(NC(C)(C)C)C(=O)C(C)(C)C)C(=O)C(C)(C)C. The van der Waals surface area contributed by atoms with Crippen LogP contribution in [0.5, 0.6) is 0 Å². The van der Waals surface area contributed by atoms with E-state index in [1.54, 1.807) is 0 Å². The zero-order valence-corrected chi connectivity index (χ0v) is 20.8. The first-order valence-corrected chi connectivity index (χ1v) is 10.9. The van der Waals surface area contributed by atoms with Gasteiger partial charge < -0.3 is 10.6 Å². The third kappa shape index (κ3) is 11.3. The molecule has 0 aromatic rings. The Bertz CT molecular complexity index is 463. The molecule has 0 heterocycles. The third-order valence-electron chi connectivity index (χ3n) is 4.56. The van der Waals surface area contributed by atoms with Crippen LogP contribution in [0.2, 0.25) is 0 Å². The Kier molecular flexibility index (Phi) is 9.58. The molecule has 28 heavy (non-hydrogen) atoms. The molecule has 2 unspecified atom stereocenters. The first kappa shape index (κ1) is 27.3. The molecule has 0 aliphatic carbocycles. The molecule has 0 spiro atoms. The van der Waals surface area contributed by atoms with Crippen LogP contribution in [0.4, 0.5) is 0 Å². The minimum absolute atomic E-state index is 0.107. The zero-order chi connectivity index (χ0) is 22.6. The number of unbranched alkanes of at least 4 members (excludes halogenated alkanes) is 1. The lowest BCUT2D eigenvalue weighted by Crippen LogP contribution is -2.51. The standard InChI is InChI=1S/C24H48N2O2/c1-21(2,3)19(27)17(25-23(7,8)9)15-13-14-16-18(26-24(10,11)12)20(28)22(4,5)6/h17-18,25-26H,13-16H2,1-12H3. The predicted octanol–water partition coefficient (Wildman–Crippen LogP) is 5.29. The number of carbonyl (C=O) groups is 2. The second-order valence-corrected chi connectivity index (χ2v) is 12.4. The van der Waals surface area contributed by atoms with Gasteiger partial charge in [0.15, 0.2) is 11.6 Å². The molecule has 4 heteroatoms. The Morgan fingerprint density at radius 1 is 0.571 bits per heavy atom. The first-order valence-electron chi connectivity index (χ1n) is 10.9. The number of ketones is 2. The number of hydrogen-bond acceptors (Lipinski definition) is 4. The smallest absolute Gasteiger partial charge is 0.155 e. The normalized spacial score (nSPS) is 16.0. The van der Waals surface area contributed by atoms with Crippen molar-refractivity contribution in [1.29, 1.82) is 0 Å². The molecular weight excluding hydrogens is 348 g/mol. The molecular formula is C24H48N2O2. The molecule has 0 aliphatic rings. The summed E-state index contributed by atoms with van der Waals surface area (Å²) in [5, 5.41) is 7.01. The van der Waals surface area contributed by atoms with Gasteiger partial charge in [-0.15, -0.1) is 0 Å².